The van der Waals surface area contributed by atoms with E-state index < -0.39 is 0 Å². The van der Waals surface area contributed by atoms with E-state index in [2.05, 4.69) is 34.8 Å². The van der Waals surface area contributed by atoms with E-state index in [1.807, 2.05) is 0 Å². The van der Waals surface area contributed by atoms with Crippen LogP contribution in [0, 0.1) is 5.41 Å². The van der Waals surface area contributed by atoms with Gasteiger partial charge in [0, 0.05) is 25.0 Å². The fraction of sp³-hybridized carbons (Fsp3) is 1.00. The molecule has 15 heavy (non-hydrogen) atoms. The Hall–Kier alpha value is 0.400. The lowest BCUT2D eigenvalue weighted by molar-refractivity contribution is 0.106. The summed E-state index contributed by atoms with van der Waals surface area (Å²) >= 11 is 3.69. The van der Waals surface area contributed by atoms with E-state index in [9.17, 15) is 0 Å². The van der Waals surface area contributed by atoms with Crippen LogP contribution in [0.4, 0.5) is 0 Å². The Morgan fingerprint density at radius 3 is 2.53 bits per heavy atom. The summed E-state index contributed by atoms with van der Waals surface area (Å²) in [6.07, 6.45) is 5.59. The lowest BCUT2D eigenvalue weighted by Crippen LogP contribution is -2.36. The van der Waals surface area contributed by atoms with Crippen LogP contribution in [0.5, 0.6) is 0 Å². The van der Waals surface area contributed by atoms with E-state index in [0.29, 0.717) is 5.41 Å². The Morgan fingerprint density at radius 2 is 2.00 bits per heavy atom. The van der Waals surface area contributed by atoms with Crippen molar-refractivity contribution in [2.75, 3.05) is 38.7 Å². The Balaban J connectivity index is 2.25. The molecular weight excluding hydrogens is 254 g/mol. The second-order valence-electron chi connectivity index (χ2n) is 4.78. The van der Waals surface area contributed by atoms with E-state index in [1.165, 1.54) is 32.2 Å². The predicted molar refractivity (Wildman–Crippen MR) is 68.7 cm³/mol. The molecule has 0 spiro atoms. The number of hydrogen-bond acceptors (Lipinski definition) is 2. The standard InChI is InChI=1S/C12H24BrNO/c1-3-15-9-8-14(2)11-12(10-13)6-4-5-7-12/h3-11H2,1-2H3. The van der Waals surface area contributed by atoms with Gasteiger partial charge < -0.3 is 9.64 Å². The molecule has 1 aliphatic carbocycles. The molecule has 0 radical (unpaired) electrons. The van der Waals surface area contributed by atoms with Crippen molar-refractivity contribution in [3.05, 3.63) is 0 Å². The van der Waals surface area contributed by atoms with Crippen LogP contribution in [0.1, 0.15) is 32.6 Å². The SMILES string of the molecule is CCOCCN(C)CC1(CBr)CCCC1. The van der Waals surface area contributed by atoms with Gasteiger partial charge in [-0.05, 0) is 32.2 Å². The van der Waals surface area contributed by atoms with Gasteiger partial charge in [-0.1, -0.05) is 28.8 Å². The molecule has 2 nitrogen and oxygen atoms in total. The molecular formula is C12H24BrNO. The molecule has 0 N–H and O–H groups in total. The van der Waals surface area contributed by atoms with E-state index in [1.54, 1.807) is 0 Å². The second kappa shape index (κ2) is 6.87. The largest absolute Gasteiger partial charge is 0.380 e. The molecule has 1 saturated carbocycles. The van der Waals surface area contributed by atoms with Crippen LogP contribution in [-0.2, 0) is 4.74 Å². The maximum Gasteiger partial charge on any atom is 0.0593 e. The van der Waals surface area contributed by atoms with E-state index in [-0.39, 0.29) is 0 Å². The molecule has 1 rings (SSSR count). The lowest BCUT2D eigenvalue weighted by atomic mass is 9.88. The van der Waals surface area contributed by atoms with Gasteiger partial charge in [-0.2, -0.15) is 0 Å². The highest BCUT2D eigenvalue weighted by atomic mass is 79.9. The fourth-order valence-corrected chi connectivity index (χ4v) is 3.21. The minimum atomic E-state index is 0.543. The third kappa shape index (κ3) is 4.41. The summed E-state index contributed by atoms with van der Waals surface area (Å²) in [4.78, 5) is 2.42. The van der Waals surface area contributed by atoms with Crippen molar-refractivity contribution in [1.82, 2.24) is 4.90 Å². The van der Waals surface area contributed by atoms with Crippen molar-refractivity contribution in [1.29, 1.82) is 0 Å². The number of nitrogens with zero attached hydrogens (tertiary/aromatic N) is 1. The molecule has 0 bridgehead atoms. The van der Waals surface area contributed by atoms with Crippen molar-refractivity contribution in [2.24, 2.45) is 5.41 Å². The normalized spacial score (nSPS) is 20.0. The van der Waals surface area contributed by atoms with Crippen LogP contribution in [0.3, 0.4) is 0 Å². The molecule has 0 atom stereocenters. The van der Waals surface area contributed by atoms with Gasteiger partial charge in [0.2, 0.25) is 0 Å². The number of rotatable bonds is 7. The Labute approximate surface area is 102 Å². The molecule has 1 fully saturated rings. The summed E-state index contributed by atoms with van der Waals surface area (Å²) in [5.41, 5.74) is 0.543. The van der Waals surface area contributed by atoms with Crippen molar-refractivity contribution in [3.8, 4) is 0 Å². The zero-order valence-corrected chi connectivity index (χ0v) is 11.7. The highest BCUT2D eigenvalue weighted by Crippen LogP contribution is 2.39. The summed E-state index contributed by atoms with van der Waals surface area (Å²) in [6, 6.07) is 0. The van der Waals surface area contributed by atoms with Crippen molar-refractivity contribution in [3.63, 3.8) is 0 Å². The van der Waals surface area contributed by atoms with Crippen LogP contribution in [0.15, 0.2) is 0 Å². The van der Waals surface area contributed by atoms with Crippen LogP contribution in [0.25, 0.3) is 0 Å². The summed E-state index contributed by atoms with van der Waals surface area (Å²) in [6.45, 7) is 6.02. The van der Waals surface area contributed by atoms with Gasteiger partial charge in [0.25, 0.3) is 0 Å². The van der Waals surface area contributed by atoms with Crippen molar-refractivity contribution >= 4 is 15.9 Å². The zero-order chi connectivity index (χ0) is 11.1. The first-order valence-electron chi connectivity index (χ1n) is 6.05. The van der Waals surface area contributed by atoms with E-state index >= 15 is 0 Å². The average molecular weight is 278 g/mol. The number of hydrogen-bond donors (Lipinski definition) is 0. The maximum atomic E-state index is 5.38. The molecule has 0 saturated heterocycles. The average Bonchev–Trinajstić information content (AvgIpc) is 2.67. The topological polar surface area (TPSA) is 12.5 Å². The Kier molecular flexibility index (Phi) is 6.17. The van der Waals surface area contributed by atoms with Gasteiger partial charge in [0.1, 0.15) is 0 Å². The molecule has 0 unspecified atom stereocenters. The predicted octanol–water partition coefficient (Wildman–Crippen LogP) is 2.91. The molecule has 90 valence electrons. The van der Waals surface area contributed by atoms with Crippen molar-refractivity contribution in [2.45, 2.75) is 32.6 Å². The summed E-state index contributed by atoms with van der Waals surface area (Å²) < 4.78 is 5.38. The minimum Gasteiger partial charge on any atom is -0.380 e. The molecule has 0 aliphatic heterocycles. The van der Waals surface area contributed by atoms with Crippen LogP contribution >= 0.6 is 15.9 Å². The molecule has 0 aromatic rings. The summed E-state index contributed by atoms with van der Waals surface area (Å²) in [5.74, 6) is 0. The quantitative estimate of drug-likeness (QED) is 0.524. The number of likely N-dealkylation sites (N-methyl/N-ethyl adjacent to an activating group) is 1. The first-order chi connectivity index (χ1) is 7.22. The van der Waals surface area contributed by atoms with Crippen LogP contribution in [-0.4, -0.2) is 43.6 Å². The number of halogens is 1. The Morgan fingerprint density at radius 1 is 1.33 bits per heavy atom. The third-order valence-corrected chi connectivity index (χ3v) is 4.56. The van der Waals surface area contributed by atoms with Gasteiger partial charge in [-0.15, -0.1) is 0 Å². The summed E-state index contributed by atoms with van der Waals surface area (Å²) in [7, 11) is 2.21. The van der Waals surface area contributed by atoms with Crippen LogP contribution < -0.4 is 0 Å². The Bertz CT molecular complexity index is 169. The highest BCUT2D eigenvalue weighted by Gasteiger charge is 2.33. The minimum absolute atomic E-state index is 0.543. The first kappa shape index (κ1) is 13.5. The summed E-state index contributed by atoms with van der Waals surface area (Å²) in [5, 5.41) is 1.15. The smallest absolute Gasteiger partial charge is 0.0593 e. The molecule has 1 aliphatic rings. The van der Waals surface area contributed by atoms with Gasteiger partial charge in [0.05, 0.1) is 6.61 Å². The second-order valence-corrected chi connectivity index (χ2v) is 5.34. The molecule has 3 heteroatoms. The van der Waals surface area contributed by atoms with E-state index in [4.69, 9.17) is 4.74 Å². The van der Waals surface area contributed by atoms with Crippen molar-refractivity contribution < 1.29 is 4.74 Å². The lowest BCUT2D eigenvalue weighted by Gasteiger charge is -2.31. The van der Waals surface area contributed by atoms with Crippen LogP contribution in [0.2, 0.25) is 0 Å². The van der Waals surface area contributed by atoms with Gasteiger partial charge >= 0.3 is 0 Å². The molecule has 0 aromatic heterocycles. The van der Waals surface area contributed by atoms with Gasteiger partial charge in [-0.25, -0.2) is 0 Å². The zero-order valence-electron chi connectivity index (χ0n) is 10.1. The molecule has 0 amide bonds. The fourth-order valence-electron chi connectivity index (χ4n) is 2.48. The van der Waals surface area contributed by atoms with Gasteiger partial charge in [0.15, 0.2) is 0 Å². The monoisotopic (exact) mass is 277 g/mol. The molecule has 0 aromatic carbocycles. The van der Waals surface area contributed by atoms with E-state index in [0.717, 1.165) is 25.1 Å². The molecule has 0 heterocycles. The number of ether oxygens (including phenoxy) is 1. The maximum absolute atomic E-state index is 5.38. The number of alkyl halides is 1. The third-order valence-electron chi connectivity index (χ3n) is 3.37. The first-order valence-corrected chi connectivity index (χ1v) is 7.17. The van der Waals surface area contributed by atoms with Gasteiger partial charge in [-0.3, -0.25) is 0 Å². The highest BCUT2D eigenvalue weighted by molar-refractivity contribution is 9.09.